The first-order valence-corrected chi connectivity index (χ1v) is 7.33. The third-order valence-electron chi connectivity index (χ3n) is 2.78. The highest BCUT2D eigenvalue weighted by Crippen LogP contribution is 2.15. The third-order valence-corrected chi connectivity index (χ3v) is 4.30. The quantitative estimate of drug-likeness (QED) is 0.888. The van der Waals surface area contributed by atoms with Crippen molar-refractivity contribution in [2.24, 2.45) is 0 Å². The van der Waals surface area contributed by atoms with Gasteiger partial charge >= 0.3 is 0 Å². The molecule has 5 nitrogen and oxygen atoms in total. The molecule has 6 heteroatoms. The van der Waals surface area contributed by atoms with Crippen molar-refractivity contribution in [3.8, 4) is 12.1 Å². The van der Waals surface area contributed by atoms with E-state index < -0.39 is 16.1 Å². The van der Waals surface area contributed by atoms with Crippen molar-refractivity contribution in [1.82, 2.24) is 4.72 Å². The lowest BCUT2D eigenvalue weighted by molar-refractivity contribution is 0.543. The summed E-state index contributed by atoms with van der Waals surface area (Å²) in [6, 6.07) is 7.88. The number of rotatable bonds is 5. The molecule has 1 atom stereocenters. The van der Waals surface area contributed by atoms with Gasteiger partial charge in [0, 0.05) is 6.04 Å². The first kappa shape index (κ1) is 15.2. The normalized spacial score (nSPS) is 12.4. The number of sulfonamides is 1. The number of hydrogen-bond donors (Lipinski definition) is 1. The molecule has 1 rings (SSSR count). The molecule has 1 aromatic carbocycles. The number of nitrogens with one attached hydrogen (secondary N) is 1. The predicted molar refractivity (Wildman–Crippen MR) is 70.5 cm³/mol. The Morgan fingerprint density at radius 3 is 2.53 bits per heavy atom. The smallest absolute Gasteiger partial charge is 0.207 e. The van der Waals surface area contributed by atoms with E-state index in [1.807, 2.05) is 19.1 Å². The predicted octanol–water partition coefficient (Wildman–Crippen LogP) is 1.84. The van der Waals surface area contributed by atoms with Crippen LogP contribution in [-0.4, -0.2) is 14.5 Å². The van der Waals surface area contributed by atoms with E-state index in [-0.39, 0.29) is 11.3 Å². The maximum absolute atomic E-state index is 12.1. The fraction of sp³-hybridized carbons (Fsp3) is 0.385. The molecule has 0 spiro atoms. The van der Waals surface area contributed by atoms with Crippen LogP contribution in [-0.2, 0) is 10.0 Å². The molecule has 0 bridgehead atoms. The molecule has 0 amide bonds. The molecule has 19 heavy (non-hydrogen) atoms. The summed E-state index contributed by atoms with van der Waals surface area (Å²) in [7, 11) is -3.65. The number of benzene rings is 1. The van der Waals surface area contributed by atoms with Gasteiger partial charge in [-0.05, 0) is 37.1 Å². The summed E-state index contributed by atoms with van der Waals surface area (Å²) in [6.07, 6.45) is 0.674. The molecule has 1 unspecified atom stereocenters. The summed E-state index contributed by atoms with van der Waals surface area (Å²) in [5, 5.41) is 17.4. The number of nitriles is 2. The Balaban J connectivity index is 3.05. The molecule has 100 valence electrons. The van der Waals surface area contributed by atoms with Crippen LogP contribution in [0.15, 0.2) is 23.1 Å². The van der Waals surface area contributed by atoms with E-state index in [0.29, 0.717) is 17.5 Å². The number of nitrogens with zero attached hydrogens (tertiary/aromatic N) is 2. The molecule has 0 fully saturated rings. The fourth-order valence-electron chi connectivity index (χ4n) is 1.60. The highest BCUT2D eigenvalue weighted by Gasteiger charge is 2.19. The van der Waals surface area contributed by atoms with E-state index >= 15 is 0 Å². The van der Waals surface area contributed by atoms with Gasteiger partial charge in [0.05, 0.1) is 29.0 Å². The van der Waals surface area contributed by atoms with Crippen LogP contribution in [0.3, 0.4) is 0 Å². The van der Waals surface area contributed by atoms with Gasteiger partial charge in [0.15, 0.2) is 0 Å². The van der Waals surface area contributed by atoms with Crippen LogP contribution in [0.4, 0.5) is 0 Å². The Morgan fingerprint density at radius 1 is 1.37 bits per heavy atom. The van der Waals surface area contributed by atoms with Gasteiger partial charge in [-0.3, -0.25) is 0 Å². The summed E-state index contributed by atoms with van der Waals surface area (Å²) in [5.74, 6) is 0. The second-order valence-corrected chi connectivity index (χ2v) is 5.89. The van der Waals surface area contributed by atoms with Gasteiger partial charge < -0.3 is 0 Å². The Hall–Kier alpha value is -1.89. The second-order valence-electron chi connectivity index (χ2n) is 4.18. The monoisotopic (exact) mass is 277 g/mol. The van der Waals surface area contributed by atoms with Gasteiger partial charge in [-0.15, -0.1) is 0 Å². The summed E-state index contributed by atoms with van der Waals surface area (Å²) in [6.45, 7) is 3.50. The molecule has 0 saturated carbocycles. The lowest BCUT2D eigenvalue weighted by Gasteiger charge is -2.14. The minimum Gasteiger partial charge on any atom is -0.207 e. The maximum atomic E-state index is 12.1. The zero-order valence-corrected chi connectivity index (χ0v) is 11.7. The van der Waals surface area contributed by atoms with Gasteiger partial charge in [0.25, 0.3) is 0 Å². The molecular formula is C13H15N3O2S. The Bertz CT molecular complexity index is 639. The van der Waals surface area contributed by atoms with Crippen LogP contribution in [0.5, 0.6) is 0 Å². The first-order valence-electron chi connectivity index (χ1n) is 5.84. The molecular weight excluding hydrogens is 262 g/mol. The van der Waals surface area contributed by atoms with Gasteiger partial charge in [-0.1, -0.05) is 6.92 Å². The minimum atomic E-state index is -3.65. The Morgan fingerprint density at radius 2 is 2.05 bits per heavy atom. The molecule has 0 aliphatic rings. The largest absolute Gasteiger partial charge is 0.240 e. The molecule has 1 N–H and O–H groups in total. The SMILES string of the molecule is CCC(CC#N)NS(=O)(=O)c1ccc(C#N)c(C)c1. The fourth-order valence-corrected chi connectivity index (χ4v) is 3.00. The van der Waals surface area contributed by atoms with Crippen molar-refractivity contribution < 1.29 is 8.42 Å². The van der Waals surface area contributed by atoms with E-state index in [9.17, 15) is 8.42 Å². The van der Waals surface area contributed by atoms with Crippen LogP contribution in [0.25, 0.3) is 0 Å². The summed E-state index contributed by atoms with van der Waals surface area (Å²) in [4.78, 5) is 0.111. The zero-order chi connectivity index (χ0) is 14.5. The standard InChI is InChI=1S/C13H15N3O2S/c1-3-12(6-7-14)16-19(17,18)13-5-4-11(9-15)10(2)8-13/h4-5,8,12,16H,3,6H2,1-2H3. The van der Waals surface area contributed by atoms with Crippen LogP contribution in [0.2, 0.25) is 0 Å². The van der Waals surface area contributed by atoms with Gasteiger partial charge in [-0.2, -0.15) is 10.5 Å². The van der Waals surface area contributed by atoms with Crippen molar-refractivity contribution in [3.63, 3.8) is 0 Å². The van der Waals surface area contributed by atoms with Crippen molar-refractivity contribution in [2.75, 3.05) is 0 Å². The lowest BCUT2D eigenvalue weighted by Crippen LogP contribution is -2.34. The lowest BCUT2D eigenvalue weighted by atomic mass is 10.1. The van der Waals surface area contributed by atoms with E-state index in [0.717, 1.165) is 0 Å². The van der Waals surface area contributed by atoms with Crippen molar-refractivity contribution in [1.29, 1.82) is 10.5 Å². The van der Waals surface area contributed by atoms with E-state index in [1.165, 1.54) is 18.2 Å². The van der Waals surface area contributed by atoms with Crippen molar-refractivity contribution in [3.05, 3.63) is 29.3 Å². The molecule has 0 saturated heterocycles. The van der Waals surface area contributed by atoms with Crippen molar-refractivity contribution >= 4 is 10.0 Å². The van der Waals surface area contributed by atoms with Crippen LogP contribution >= 0.6 is 0 Å². The Kier molecular flexibility index (Phi) is 5.05. The molecule has 0 heterocycles. The molecule has 0 aliphatic carbocycles. The van der Waals surface area contributed by atoms with Gasteiger partial charge in [0.2, 0.25) is 10.0 Å². The zero-order valence-electron chi connectivity index (χ0n) is 10.8. The molecule has 0 radical (unpaired) electrons. The summed E-state index contributed by atoms with van der Waals surface area (Å²) >= 11 is 0. The first-order chi connectivity index (χ1) is 8.94. The minimum absolute atomic E-state index is 0.111. The average Bonchev–Trinajstić information content (AvgIpc) is 2.37. The van der Waals surface area contributed by atoms with Gasteiger partial charge in [0.1, 0.15) is 0 Å². The van der Waals surface area contributed by atoms with E-state index in [4.69, 9.17) is 10.5 Å². The van der Waals surface area contributed by atoms with E-state index in [1.54, 1.807) is 6.92 Å². The maximum Gasteiger partial charge on any atom is 0.240 e. The number of aryl methyl sites for hydroxylation is 1. The summed E-state index contributed by atoms with van der Waals surface area (Å²) < 4.78 is 26.7. The topological polar surface area (TPSA) is 93.8 Å². The van der Waals surface area contributed by atoms with Crippen LogP contribution in [0.1, 0.15) is 30.9 Å². The number of hydrogen-bond acceptors (Lipinski definition) is 4. The van der Waals surface area contributed by atoms with Crippen molar-refractivity contribution in [2.45, 2.75) is 37.6 Å². The second kappa shape index (κ2) is 6.33. The van der Waals surface area contributed by atoms with Crippen LogP contribution in [0, 0.1) is 29.6 Å². The Labute approximate surface area is 113 Å². The van der Waals surface area contributed by atoms with E-state index in [2.05, 4.69) is 4.72 Å². The average molecular weight is 277 g/mol. The summed E-state index contributed by atoms with van der Waals surface area (Å²) in [5.41, 5.74) is 1.06. The molecule has 0 aliphatic heterocycles. The molecule has 0 aromatic heterocycles. The highest BCUT2D eigenvalue weighted by molar-refractivity contribution is 7.89. The highest BCUT2D eigenvalue weighted by atomic mass is 32.2. The van der Waals surface area contributed by atoms with Gasteiger partial charge in [-0.25, -0.2) is 13.1 Å². The molecule has 1 aromatic rings. The van der Waals surface area contributed by atoms with Crippen LogP contribution < -0.4 is 4.72 Å². The third kappa shape index (κ3) is 3.78.